The second-order valence-electron chi connectivity index (χ2n) is 4.74. The number of rotatable bonds is 3. The van der Waals surface area contributed by atoms with Gasteiger partial charge in [0, 0.05) is 13.1 Å². The van der Waals surface area contributed by atoms with Gasteiger partial charge in [-0.05, 0) is 25.0 Å². The van der Waals surface area contributed by atoms with Gasteiger partial charge in [0.2, 0.25) is 0 Å². The first-order valence-corrected chi connectivity index (χ1v) is 8.09. The number of hydrogen-bond acceptors (Lipinski definition) is 5. The number of piperidine rings is 1. The lowest BCUT2D eigenvalue weighted by atomic mass is 10.0. The van der Waals surface area contributed by atoms with E-state index in [1.54, 1.807) is 11.8 Å². The first-order valence-electron chi connectivity index (χ1n) is 6.05. The van der Waals surface area contributed by atoms with Gasteiger partial charge in [0.05, 0.1) is 10.6 Å². The maximum absolute atomic E-state index is 11.4. The zero-order valence-electron chi connectivity index (χ0n) is 10.7. The van der Waals surface area contributed by atoms with E-state index in [-0.39, 0.29) is 0 Å². The van der Waals surface area contributed by atoms with Crippen LogP contribution in [0.1, 0.15) is 29.4 Å². The van der Waals surface area contributed by atoms with Crippen molar-refractivity contribution >= 4 is 39.7 Å². The predicted octanol–water partition coefficient (Wildman–Crippen LogP) is 2.39. The molecule has 1 unspecified atom stereocenters. The minimum absolute atomic E-state index is 0.427. The van der Waals surface area contributed by atoms with Gasteiger partial charge in [-0.3, -0.25) is 4.79 Å². The SMILES string of the molecule is CSc1c(N2CCCC(C)C2)sc(C(N)=O)c1N. The van der Waals surface area contributed by atoms with Crippen molar-refractivity contribution in [1.29, 1.82) is 0 Å². The molecule has 1 aromatic rings. The summed E-state index contributed by atoms with van der Waals surface area (Å²) in [5, 5.41) is 1.11. The summed E-state index contributed by atoms with van der Waals surface area (Å²) in [4.78, 5) is 15.2. The zero-order valence-corrected chi connectivity index (χ0v) is 12.4. The number of thioether (sulfide) groups is 1. The van der Waals surface area contributed by atoms with Crippen molar-refractivity contribution in [1.82, 2.24) is 0 Å². The summed E-state index contributed by atoms with van der Waals surface area (Å²) in [6, 6.07) is 0. The molecule has 1 saturated heterocycles. The van der Waals surface area contributed by atoms with Crippen LogP contribution in [0, 0.1) is 5.92 Å². The lowest BCUT2D eigenvalue weighted by Gasteiger charge is -2.32. The highest BCUT2D eigenvalue weighted by molar-refractivity contribution is 7.99. The fourth-order valence-electron chi connectivity index (χ4n) is 2.38. The number of amides is 1. The third-order valence-corrected chi connectivity index (χ3v) is 5.49. The second kappa shape index (κ2) is 5.40. The average Bonchev–Trinajstić information content (AvgIpc) is 2.66. The smallest absolute Gasteiger partial charge is 0.261 e. The average molecular weight is 285 g/mol. The number of primary amides is 1. The maximum Gasteiger partial charge on any atom is 0.261 e. The van der Waals surface area contributed by atoms with Gasteiger partial charge in [-0.1, -0.05) is 6.92 Å². The van der Waals surface area contributed by atoms with E-state index < -0.39 is 5.91 Å². The van der Waals surface area contributed by atoms with Gasteiger partial charge in [0.25, 0.3) is 5.91 Å². The first-order chi connectivity index (χ1) is 8.54. The number of nitrogens with two attached hydrogens (primary N) is 2. The topological polar surface area (TPSA) is 72.3 Å². The maximum atomic E-state index is 11.4. The number of anilines is 2. The summed E-state index contributed by atoms with van der Waals surface area (Å²) >= 11 is 3.02. The number of carbonyl (C=O) groups is 1. The molecule has 0 bridgehead atoms. The van der Waals surface area contributed by atoms with Gasteiger partial charge in [-0.25, -0.2) is 0 Å². The Kier molecular flexibility index (Phi) is 4.07. The third kappa shape index (κ3) is 2.44. The van der Waals surface area contributed by atoms with Gasteiger partial charge in [0.1, 0.15) is 9.88 Å². The molecule has 0 aromatic carbocycles. The molecule has 1 aromatic heterocycles. The van der Waals surface area contributed by atoms with E-state index in [4.69, 9.17) is 11.5 Å². The molecular formula is C12H19N3OS2. The van der Waals surface area contributed by atoms with Gasteiger partial charge >= 0.3 is 0 Å². The Morgan fingerprint density at radius 2 is 2.28 bits per heavy atom. The number of nitrogens with zero attached hydrogens (tertiary/aromatic N) is 1. The Morgan fingerprint density at radius 1 is 1.56 bits per heavy atom. The highest BCUT2D eigenvalue weighted by atomic mass is 32.2. The van der Waals surface area contributed by atoms with Crippen LogP contribution in [0.3, 0.4) is 0 Å². The molecule has 18 heavy (non-hydrogen) atoms. The zero-order chi connectivity index (χ0) is 13.3. The lowest BCUT2D eigenvalue weighted by molar-refractivity contribution is 0.100. The Bertz CT molecular complexity index is 458. The number of carbonyl (C=O) groups excluding carboxylic acids is 1. The molecule has 100 valence electrons. The van der Waals surface area contributed by atoms with Crippen molar-refractivity contribution in [3.05, 3.63) is 4.88 Å². The molecule has 1 amide bonds. The van der Waals surface area contributed by atoms with Crippen LogP contribution in [0.5, 0.6) is 0 Å². The lowest BCUT2D eigenvalue weighted by Crippen LogP contribution is -2.33. The van der Waals surface area contributed by atoms with E-state index in [1.165, 1.54) is 24.2 Å². The number of hydrogen-bond donors (Lipinski definition) is 2. The second-order valence-corrected chi connectivity index (χ2v) is 6.56. The molecule has 2 rings (SSSR count). The highest BCUT2D eigenvalue weighted by Crippen LogP contribution is 2.44. The highest BCUT2D eigenvalue weighted by Gasteiger charge is 2.25. The molecule has 2 heterocycles. The summed E-state index contributed by atoms with van der Waals surface area (Å²) in [6.45, 7) is 4.33. The summed E-state index contributed by atoms with van der Waals surface area (Å²) < 4.78 is 0. The molecule has 0 radical (unpaired) electrons. The normalized spacial score (nSPS) is 20.1. The number of thiophene rings is 1. The van der Waals surface area contributed by atoms with E-state index in [0.717, 1.165) is 23.0 Å². The van der Waals surface area contributed by atoms with Crippen molar-refractivity contribution in [3.63, 3.8) is 0 Å². The Balaban J connectivity index is 2.37. The van der Waals surface area contributed by atoms with Crippen LogP contribution in [0.2, 0.25) is 0 Å². The summed E-state index contributed by atoms with van der Waals surface area (Å²) in [5.41, 5.74) is 11.9. The molecule has 1 fully saturated rings. The van der Waals surface area contributed by atoms with Gasteiger partial charge < -0.3 is 16.4 Å². The molecule has 0 saturated carbocycles. The van der Waals surface area contributed by atoms with Crippen molar-refractivity contribution < 1.29 is 4.79 Å². The largest absolute Gasteiger partial charge is 0.396 e. The van der Waals surface area contributed by atoms with Crippen molar-refractivity contribution in [2.24, 2.45) is 11.7 Å². The van der Waals surface area contributed by atoms with Crippen molar-refractivity contribution in [2.45, 2.75) is 24.7 Å². The van der Waals surface area contributed by atoms with Crippen molar-refractivity contribution in [2.75, 3.05) is 30.0 Å². The third-order valence-electron chi connectivity index (χ3n) is 3.25. The first kappa shape index (κ1) is 13.5. The molecular weight excluding hydrogens is 266 g/mol. The minimum Gasteiger partial charge on any atom is -0.396 e. The summed E-state index contributed by atoms with van der Waals surface area (Å²) in [5.74, 6) is 0.262. The van der Waals surface area contributed by atoms with E-state index in [0.29, 0.717) is 16.5 Å². The predicted molar refractivity (Wildman–Crippen MR) is 79.6 cm³/mol. The molecule has 4 nitrogen and oxygen atoms in total. The summed E-state index contributed by atoms with van der Waals surface area (Å²) in [6.07, 6.45) is 4.45. The van der Waals surface area contributed by atoms with Gasteiger partial charge in [-0.15, -0.1) is 23.1 Å². The minimum atomic E-state index is -0.427. The molecule has 6 heteroatoms. The van der Waals surface area contributed by atoms with Gasteiger partial charge in [0.15, 0.2) is 0 Å². The van der Waals surface area contributed by atoms with Crippen LogP contribution < -0.4 is 16.4 Å². The fourth-order valence-corrected chi connectivity index (χ4v) is 4.45. The fraction of sp³-hybridized carbons (Fsp3) is 0.583. The van der Waals surface area contributed by atoms with E-state index in [2.05, 4.69) is 11.8 Å². The van der Waals surface area contributed by atoms with Crippen molar-refractivity contribution in [3.8, 4) is 0 Å². The van der Waals surface area contributed by atoms with Crippen LogP contribution in [0.25, 0.3) is 0 Å². The van der Waals surface area contributed by atoms with E-state index in [1.807, 2.05) is 6.26 Å². The molecule has 1 atom stereocenters. The monoisotopic (exact) mass is 285 g/mol. The van der Waals surface area contributed by atoms with E-state index in [9.17, 15) is 4.79 Å². The molecule has 1 aliphatic heterocycles. The Morgan fingerprint density at radius 3 is 2.83 bits per heavy atom. The van der Waals surface area contributed by atoms with E-state index >= 15 is 0 Å². The van der Waals surface area contributed by atoms with Crippen LogP contribution in [0.15, 0.2) is 4.90 Å². The standard InChI is InChI=1S/C12H19N3OS2/c1-7-4-3-5-15(6-7)12-10(17-2)8(13)9(18-12)11(14)16/h7H,3-6,13H2,1-2H3,(H2,14,16). The number of nitrogen functional groups attached to an aromatic ring is 1. The van der Waals surface area contributed by atoms with Crippen LogP contribution in [-0.4, -0.2) is 25.3 Å². The quantitative estimate of drug-likeness (QED) is 0.836. The Labute approximate surface area is 116 Å². The molecule has 1 aliphatic rings. The van der Waals surface area contributed by atoms with Crippen LogP contribution in [0.4, 0.5) is 10.7 Å². The van der Waals surface area contributed by atoms with Crippen LogP contribution >= 0.6 is 23.1 Å². The molecule has 0 spiro atoms. The summed E-state index contributed by atoms with van der Waals surface area (Å²) in [7, 11) is 0. The molecule has 0 aliphatic carbocycles. The van der Waals surface area contributed by atoms with Crippen LogP contribution in [-0.2, 0) is 0 Å². The Hall–Kier alpha value is -0.880. The molecule has 4 N–H and O–H groups in total. The van der Waals surface area contributed by atoms with Gasteiger partial charge in [-0.2, -0.15) is 0 Å².